The van der Waals surface area contributed by atoms with E-state index in [-0.39, 0.29) is 22.9 Å². The van der Waals surface area contributed by atoms with E-state index in [1.807, 2.05) is 24.3 Å². The fourth-order valence-electron chi connectivity index (χ4n) is 3.02. The highest BCUT2D eigenvalue weighted by atomic mass is 19.1. The van der Waals surface area contributed by atoms with Gasteiger partial charge < -0.3 is 9.47 Å². The van der Waals surface area contributed by atoms with Gasteiger partial charge in [0.15, 0.2) is 5.76 Å². The summed E-state index contributed by atoms with van der Waals surface area (Å²) in [6, 6.07) is 17.9. The molecule has 3 aromatic carbocycles. The summed E-state index contributed by atoms with van der Waals surface area (Å²) in [7, 11) is 0. The molecule has 144 valence electrons. The standard InChI is InChI=1S/C24H17FO4/c1-2-15-7-9-16(10-8-15)13-22-23(26)19-12-11-17(14-21(19)29-22)28-24(27)18-5-3-4-6-20(18)25/h3-14H,2H2,1H3. The smallest absolute Gasteiger partial charge is 0.346 e. The Morgan fingerprint density at radius 2 is 1.83 bits per heavy atom. The summed E-state index contributed by atoms with van der Waals surface area (Å²) >= 11 is 0. The van der Waals surface area contributed by atoms with Crippen molar-refractivity contribution in [1.82, 2.24) is 0 Å². The molecule has 0 atom stereocenters. The lowest BCUT2D eigenvalue weighted by atomic mass is 10.1. The Kier molecular flexibility index (Phi) is 4.96. The van der Waals surface area contributed by atoms with E-state index in [4.69, 9.17) is 9.47 Å². The van der Waals surface area contributed by atoms with E-state index in [0.29, 0.717) is 11.3 Å². The van der Waals surface area contributed by atoms with Crippen LogP contribution in [0.25, 0.3) is 6.08 Å². The van der Waals surface area contributed by atoms with Crippen molar-refractivity contribution in [2.24, 2.45) is 0 Å². The molecule has 0 saturated heterocycles. The molecule has 0 amide bonds. The summed E-state index contributed by atoms with van der Waals surface area (Å²) < 4.78 is 24.7. The van der Waals surface area contributed by atoms with E-state index in [2.05, 4.69) is 6.92 Å². The van der Waals surface area contributed by atoms with Crippen LogP contribution in [0.2, 0.25) is 0 Å². The van der Waals surface area contributed by atoms with Gasteiger partial charge in [-0.05, 0) is 47.9 Å². The van der Waals surface area contributed by atoms with Gasteiger partial charge in [-0.15, -0.1) is 0 Å². The summed E-state index contributed by atoms with van der Waals surface area (Å²) in [6.07, 6.45) is 2.61. The lowest BCUT2D eigenvalue weighted by Gasteiger charge is -2.06. The number of benzene rings is 3. The van der Waals surface area contributed by atoms with Gasteiger partial charge in [-0.2, -0.15) is 0 Å². The molecule has 1 aliphatic rings. The van der Waals surface area contributed by atoms with E-state index in [0.717, 1.165) is 12.0 Å². The van der Waals surface area contributed by atoms with Crippen molar-refractivity contribution < 1.29 is 23.5 Å². The van der Waals surface area contributed by atoms with Crippen LogP contribution in [-0.2, 0) is 6.42 Å². The molecule has 0 aromatic heterocycles. The lowest BCUT2D eigenvalue weighted by Crippen LogP contribution is -2.10. The number of Topliss-reactive ketones (excluding diaryl/α,β-unsaturated/α-hetero) is 1. The van der Waals surface area contributed by atoms with Crippen LogP contribution >= 0.6 is 0 Å². The number of hydrogen-bond acceptors (Lipinski definition) is 4. The molecule has 5 heteroatoms. The van der Waals surface area contributed by atoms with Crippen LogP contribution in [0.1, 0.15) is 38.8 Å². The van der Waals surface area contributed by atoms with Crippen molar-refractivity contribution in [1.29, 1.82) is 0 Å². The minimum atomic E-state index is -0.820. The Balaban J connectivity index is 1.54. The van der Waals surface area contributed by atoms with Gasteiger partial charge >= 0.3 is 5.97 Å². The summed E-state index contributed by atoms with van der Waals surface area (Å²) in [5.74, 6) is -1.07. The second kappa shape index (κ2) is 7.72. The molecule has 4 rings (SSSR count). The molecule has 1 aliphatic heterocycles. The van der Waals surface area contributed by atoms with Crippen molar-refractivity contribution in [2.75, 3.05) is 0 Å². The maximum atomic E-state index is 13.7. The zero-order valence-electron chi connectivity index (χ0n) is 15.6. The van der Waals surface area contributed by atoms with Gasteiger partial charge in [0.05, 0.1) is 11.1 Å². The number of ether oxygens (including phenoxy) is 2. The lowest BCUT2D eigenvalue weighted by molar-refractivity contribution is 0.0729. The number of hydrogen-bond donors (Lipinski definition) is 0. The van der Waals surface area contributed by atoms with Gasteiger partial charge in [0.1, 0.15) is 17.3 Å². The molecule has 0 radical (unpaired) electrons. The molecule has 0 bridgehead atoms. The van der Waals surface area contributed by atoms with Crippen LogP contribution in [0.15, 0.2) is 72.5 Å². The molecule has 1 heterocycles. The van der Waals surface area contributed by atoms with Crippen LogP contribution in [0.3, 0.4) is 0 Å². The molecule has 0 unspecified atom stereocenters. The third-order valence-electron chi connectivity index (χ3n) is 4.63. The Bertz CT molecular complexity index is 1130. The number of rotatable bonds is 4. The number of allylic oxidation sites excluding steroid dienone is 1. The summed E-state index contributed by atoms with van der Waals surface area (Å²) in [6.45, 7) is 2.07. The van der Waals surface area contributed by atoms with Crippen LogP contribution < -0.4 is 9.47 Å². The molecular weight excluding hydrogens is 371 g/mol. The average molecular weight is 388 g/mol. The van der Waals surface area contributed by atoms with Crippen LogP contribution in [0.5, 0.6) is 11.5 Å². The van der Waals surface area contributed by atoms with Crippen molar-refractivity contribution >= 4 is 17.8 Å². The molecule has 0 aliphatic carbocycles. The van der Waals surface area contributed by atoms with Gasteiger partial charge in [-0.25, -0.2) is 9.18 Å². The van der Waals surface area contributed by atoms with Crippen molar-refractivity contribution in [3.8, 4) is 11.5 Å². The molecule has 29 heavy (non-hydrogen) atoms. The second-order valence-electron chi connectivity index (χ2n) is 6.56. The average Bonchev–Trinajstić information content (AvgIpc) is 3.03. The molecule has 3 aromatic rings. The summed E-state index contributed by atoms with van der Waals surface area (Å²) in [5, 5.41) is 0. The zero-order chi connectivity index (χ0) is 20.4. The van der Waals surface area contributed by atoms with Gasteiger partial charge in [-0.3, -0.25) is 4.79 Å². The zero-order valence-corrected chi connectivity index (χ0v) is 15.6. The first-order chi connectivity index (χ1) is 14.0. The highest BCUT2D eigenvalue weighted by Crippen LogP contribution is 2.35. The molecule has 0 fully saturated rings. The monoisotopic (exact) mass is 388 g/mol. The third-order valence-corrected chi connectivity index (χ3v) is 4.63. The fraction of sp³-hybridized carbons (Fsp3) is 0.0833. The number of aryl methyl sites for hydroxylation is 1. The third kappa shape index (κ3) is 3.80. The Labute approximate surface area is 167 Å². The molecule has 0 spiro atoms. The fourth-order valence-corrected chi connectivity index (χ4v) is 3.02. The largest absolute Gasteiger partial charge is 0.452 e. The number of carbonyl (C=O) groups is 2. The Morgan fingerprint density at radius 1 is 1.07 bits per heavy atom. The van der Waals surface area contributed by atoms with Gasteiger partial charge in [0.2, 0.25) is 5.78 Å². The van der Waals surface area contributed by atoms with E-state index < -0.39 is 11.8 Å². The first-order valence-corrected chi connectivity index (χ1v) is 9.19. The normalized spacial score (nSPS) is 13.9. The van der Waals surface area contributed by atoms with E-state index in [1.54, 1.807) is 12.1 Å². The van der Waals surface area contributed by atoms with Gasteiger partial charge in [0.25, 0.3) is 0 Å². The van der Waals surface area contributed by atoms with E-state index in [9.17, 15) is 14.0 Å². The molecule has 0 N–H and O–H groups in total. The Morgan fingerprint density at radius 3 is 2.55 bits per heavy atom. The summed E-state index contributed by atoms with van der Waals surface area (Å²) in [5.41, 5.74) is 2.27. The predicted molar refractivity (Wildman–Crippen MR) is 107 cm³/mol. The highest BCUT2D eigenvalue weighted by molar-refractivity contribution is 6.14. The molecular formula is C24H17FO4. The first-order valence-electron chi connectivity index (χ1n) is 9.19. The predicted octanol–water partition coefficient (Wildman–Crippen LogP) is 5.22. The second-order valence-corrected chi connectivity index (χ2v) is 6.56. The van der Waals surface area contributed by atoms with Crippen LogP contribution in [0.4, 0.5) is 4.39 Å². The van der Waals surface area contributed by atoms with Crippen molar-refractivity contribution in [2.45, 2.75) is 13.3 Å². The topological polar surface area (TPSA) is 52.6 Å². The minimum absolute atomic E-state index is 0.165. The highest BCUT2D eigenvalue weighted by Gasteiger charge is 2.28. The Hall–Kier alpha value is -3.73. The maximum Gasteiger partial charge on any atom is 0.346 e. The number of esters is 1. The van der Waals surface area contributed by atoms with Gasteiger partial charge in [0, 0.05) is 6.07 Å². The van der Waals surface area contributed by atoms with E-state index in [1.165, 1.54) is 42.0 Å². The van der Waals surface area contributed by atoms with E-state index >= 15 is 0 Å². The number of halogens is 1. The van der Waals surface area contributed by atoms with Crippen molar-refractivity contribution in [3.05, 3.63) is 101 Å². The summed E-state index contributed by atoms with van der Waals surface area (Å²) in [4.78, 5) is 24.7. The molecule has 4 nitrogen and oxygen atoms in total. The van der Waals surface area contributed by atoms with Crippen molar-refractivity contribution in [3.63, 3.8) is 0 Å². The number of fused-ring (bicyclic) bond motifs is 1. The number of carbonyl (C=O) groups excluding carboxylic acids is 2. The maximum absolute atomic E-state index is 13.7. The minimum Gasteiger partial charge on any atom is -0.452 e. The first kappa shape index (κ1) is 18.6. The number of ketones is 1. The molecule has 0 saturated carbocycles. The van der Waals surface area contributed by atoms with Gasteiger partial charge in [-0.1, -0.05) is 43.3 Å². The SMILES string of the molecule is CCc1ccc(C=C2Oc3cc(OC(=O)c4ccccc4F)ccc3C2=O)cc1. The van der Waals surface area contributed by atoms with Crippen LogP contribution in [0, 0.1) is 5.82 Å². The quantitative estimate of drug-likeness (QED) is 0.349. The van der Waals surface area contributed by atoms with Crippen LogP contribution in [-0.4, -0.2) is 11.8 Å².